The van der Waals surface area contributed by atoms with E-state index in [1.54, 1.807) is 24.3 Å². The fraction of sp³-hybridized carbons (Fsp3) is 0.316. The van der Waals surface area contributed by atoms with Crippen molar-refractivity contribution in [1.82, 2.24) is 20.1 Å². The Balaban J connectivity index is 1.79. The number of aromatic nitrogens is 3. The van der Waals surface area contributed by atoms with Crippen LogP contribution in [0.1, 0.15) is 23.7 Å². The lowest BCUT2D eigenvalue weighted by atomic mass is 10.1. The first-order valence-electron chi connectivity index (χ1n) is 8.66. The Morgan fingerprint density at radius 1 is 1.31 bits per heavy atom. The topological polar surface area (TPSA) is 69.0 Å². The molecule has 0 saturated carbocycles. The highest BCUT2D eigenvalue weighted by atomic mass is 35.5. The van der Waals surface area contributed by atoms with Gasteiger partial charge in [-0.3, -0.25) is 9.48 Å². The number of fused-ring (bicyclic) bond motifs is 1. The summed E-state index contributed by atoms with van der Waals surface area (Å²) in [6, 6.07) is 7.68. The summed E-state index contributed by atoms with van der Waals surface area (Å²) in [4.78, 5) is 16.4. The lowest BCUT2D eigenvalue weighted by Gasteiger charge is -2.16. The monoisotopic (exact) mass is 426 g/mol. The minimum atomic E-state index is -4.62. The van der Waals surface area contributed by atoms with Crippen molar-refractivity contribution < 1.29 is 22.7 Å². The Labute approximate surface area is 169 Å². The van der Waals surface area contributed by atoms with E-state index in [0.717, 1.165) is 11.6 Å². The van der Waals surface area contributed by atoms with Gasteiger partial charge < -0.3 is 10.1 Å². The zero-order valence-electron chi connectivity index (χ0n) is 15.8. The molecular formula is C19H18ClF3N4O2. The van der Waals surface area contributed by atoms with Crippen molar-refractivity contribution >= 4 is 28.5 Å². The maximum absolute atomic E-state index is 13.5. The van der Waals surface area contributed by atoms with Gasteiger partial charge in [-0.05, 0) is 31.5 Å². The smallest absolute Gasteiger partial charge is 0.417 e. The van der Waals surface area contributed by atoms with Gasteiger partial charge in [-0.2, -0.15) is 23.3 Å². The van der Waals surface area contributed by atoms with Crippen molar-refractivity contribution in [2.75, 3.05) is 0 Å². The van der Waals surface area contributed by atoms with Crippen LogP contribution in [0.25, 0.3) is 11.0 Å². The fourth-order valence-electron chi connectivity index (χ4n) is 2.88. The van der Waals surface area contributed by atoms with Crippen LogP contribution in [-0.4, -0.2) is 26.8 Å². The molecule has 3 rings (SSSR count). The predicted molar refractivity (Wildman–Crippen MR) is 102 cm³/mol. The van der Waals surface area contributed by atoms with E-state index in [9.17, 15) is 18.0 Å². The summed E-state index contributed by atoms with van der Waals surface area (Å²) in [5, 5.41) is 7.14. The van der Waals surface area contributed by atoms with Crippen molar-refractivity contribution in [3.8, 4) is 5.88 Å². The molecule has 0 aliphatic heterocycles. The average Bonchev–Trinajstić information content (AvgIpc) is 2.93. The first-order valence-corrected chi connectivity index (χ1v) is 9.04. The molecule has 2 aromatic heterocycles. The number of pyridine rings is 1. The zero-order chi connectivity index (χ0) is 21.3. The van der Waals surface area contributed by atoms with Crippen LogP contribution in [0.2, 0.25) is 5.02 Å². The fourth-order valence-corrected chi connectivity index (χ4v) is 3.00. The second-order valence-corrected chi connectivity index (χ2v) is 6.95. The lowest BCUT2D eigenvalue weighted by Crippen LogP contribution is -2.36. The quantitative estimate of drug-likeness (QED) is 0.668. The highest BCUT2D eigenvalue weighted by Gasteiger charge is 2.36. The van der Waals surface area contributed by atoms with Crippen molar-refractivity contribution in [3.63, 3.8) is 0 Å². The molecule has 2 heterocycles. The molecule has 0 saturated heterocycles. The molecule has 0 spiro atoms. The maximum Gasteiger partial charge on any atom is 0.417 e. The Morgan fingerprint density at radius 2 is 1.97 bits per heavy atom. The van der Waals surface area contributed by atoms with Crippen LogP contribution >= 0.6 is 11.6 Å². The number of carbonyl (C=O) groups excluding carboxylic acids is 1. The number of alkyl halides is 3. The second-order valence-electron chi connectivity index (χ2n) is 6.52. The van der Waals surface area contributed by atoms with Crippen molar-refractivity contribution in [3.05, 3.63) is 52.2 Å². The molecule has 29 heavy (non-hydrogen) atoms. The van der Waals surface area contributed by atoms with Gasteiger partial charge in [-0.1, -0.05) is 23.7 Å². The molecule has 0 aliphatic carbocycles. The first-order chi connectivity index (χ1) is 13.6. The summed E-state index contributed by atoms with van der Waals surface area (Å²) < 4.78 is 47.2. The number of nitrogens with zero attached hydrogens (tertiary/aromatic N) is 3. The molecule has 0 fully saturated rings. The van der Waals surface area contributed by atoms with Gasteiger partial charge in [-0.25, -0.2) is 0 Å². The molecule has 10 heteroatoms. The number of nitrogens with one attached hydrogen (secondary N) is 1. The number of benzene rings is 1. The lowest BCUT2D eigenvalue weighted by molar-refractivity contribution is -0.136. The summed E-state index contributed by atoms with van der Waals surface area (Å²) in [6.07, 6.45) is -5.67. The molecule has 6 nitrogen and oxygen atoms in total. The molecule has 1 amide bonds. The van der Waals surface area contributed by atoms with Crippen LogP contribution in [0.5, 0.6) is 5.88 Å². The third-order valence-electron chi connectivity index (χ3n) is 4.30. The normalized spacial score (nSPS) is 12.8. The minimum absolute atomic E-state index is 0.0288. The Kier molecular flexibility index (Phi) is 5.70. The van der Waals surface area contributed by atoms with Crippen LogP contribution in [0.3, 0.4) is 0 Å². The number of halogens is 4. The van der Waals surface area contributed by atoms with Gasteiger partial charge in [0.15, 0.2) is 11.8 Å². The maximum atomic E-state index is 13.5. The molecular weight excluding hydrogens is 409 g/mol. The number of ether oxygens (including phenoxy) is 1. The van der Waals surface area contributed by atoms with E-state index in [2.05, 4.69) is 15.4 Å². The first kappa shape index (κ1) is 20.9. The van der Waals surface area contributed by atoms with Crippen LogP contribution in [-0.2, 0) is 24.6 Å². The van der Waals surface area contributed by atoms with Crippen LogP contribution < -0.4 is 10.1 Å². The van der Waals surface area contributed by atoms with Crippen molar-refractivity contribution in [2.24, 2.45) is 7.05 Å². The van der Waals surface area contributed by atoms with E-state index < -0.39 is 23.8 Å². The van der Waals surface area contributed by atoms with Gasteiger partial charge >= 0.3 is 6.18 Å². The molecule has 0 radical (unpaired) electrons. The van der Waals surface area contributed by atoms with Gasteiger partial charge in [0.25, 0.3) is 5.91 Å². The molecule has 154 valence electrons. The van der Waals surface area contributed by atoms with Crippen molar-refractivity contribution in [2.45, 2.75) is 32.7 Å². The van der Waals surface area contributed by atoms with Crippen LogP contribution in [0.15, 0.2) is 30.3 Å². The summed E-state index contributed by atoms with van der Waals surface area (Å²) in [6.45, 7) is 3.14. The summed E-state index contributed by atoms with van der Waals surface area (Å²) in [5.41, 5.74) is 0.153. The van der Waals surface area contributed by atoms with Gasteiger partial charge in [0.05, 0.1) is 16.6 Å². The number of aryl methyl sites for hydroxylation is 2. The van der Waals surface area contributed by atoms with Crippen LogP contribution in [0.4, 0.5) is 13.2 Å². The highest BCUT2D eigenvalue weighted by molar-refractivity contribution is 6.30. The third kappa shape index (κ3) is 4.61. The van der Waals surface area contributed by atoms with Crippen molar-refractivity contribution in [1.29, 1.82) is 0 Å². The van der Waals surface area contributed by atoms with Gasteiger partial charge in [0.2, 0.25) is 5.88 Å². The molecule has 1 aromatic carbocycles. The molecule has 0 aliphatic rings. The molecule has 3 aromatic rings. The van der Waals surface area contributed by atoms with E-state index >= 15 is 0 Å². The van der Waals surface area contributed by atoms with Gasteiger partial charge in [0.1, 0.15) is 0 Å². The zero-order valence-corrected chi connectivity index (χ0v) is 16.6. The third-order valence-corrected chi connectivity index (χ3v) is 4.55. The standard InChI is InChI=1S/C19H18ClF3N4O2/c1-10-16-14(19(21,22)23)8-15(25-17(16)27(3)26-10)29-11(2)18(28)24-9-12-4-6-13(20)7-5-12/h4-8,11H,9H2,1-3H3,(H,24,28)/t11-/m1/s1. The highest BCUT2D eigenvalue weighted by Crippen LogP contribution is 2.37. The van der Waals surface area contributed by atoms with Gasteiger partial charge in [0, 0.05) is 24.7 Å². The van der Waals surface area contributed by atoms with E-state index in [1.807, 2.05) is 0 Å². The van der Waals surface area contributed by atoms with Crippen LogP contribution in [0, 0.1) is 6.92 Å². The average molecular weight is 427 g/mol. The van der Waals surface area contributed by atoms with E-state index in [4.69, 9.17) is 16.3 Å². The molecule has 1 N–H and O–H groups in total. The number of hydrogen-bond acceptors (Lipinski definition) is 4. The SMILES string of the molecule is Cc1nn(C)c2nc(O[C@H](C)C(=O)NCc3ccc(Cl)cc3)cc(C(F)(F)F)c12. The number of amides is 1. The summed E-state index contributed by atoms with van der Waals surface area (Å²) in [5.74, 6) is -0.793. The Hall–Kier alpha value is -2.81. The minimum Gasteiger partial charge on any atom is -0.464 e. The second kappa shape index (κ2) is 7.90. The molecule has 0 unspecified atom stereocenters. The molecule has 1 atom stereocenters. The van der Waals surface area contributed by atoms with E-state index in [0.29, 0.717) is 5.02 Å². The van der Waals surface area contributed by atoms with E-state index in [-0.39, 0.29) is 29.2 Å². The van der Waals surface area contributed by atoms with E-state index in [1.165, 1.54) is 25.6 Å². The summed E-state index contributed by atoms with van der Waals surface area (Å²) >= 11 is 5.81. The van der Waals surface area contributed by atoms with Gasteiger partial charge in [-0.15, -0.1) is 0 Å². The number of rotatable bonds is 5. The number of carbonyl (C=O) groups is 1. The summed E-state index contributed by atoms with van der Waals surface area (Å²) in [7, 11) is 1.49. The predicted octanol–water partition coefficient (Wildman–Crippen LogP) is 4.03. The Morgan fingerprint density at radius 3 is 2.59 bits per heavy atom. The largest absolute Gasteiger partial charge is 0.464 e. The Bertz CT molecular complexity index is 1050. The molecule has 0 bridgehead atoms. The number of hydrogen-bond donors (Lipinski definition) is 1.